The third-order valence-corrected chi connectivity index (χ3v) is 6.30. The van der Waals surface area contributed by atoms with Gasteiger partial charge in [0.15, 0.2) is 0 Å². The van der Waals surface area contributed by atoms with Gasteiger partial charge in [0.05, 0.1) is 12.2 Å². The van der Waals surface area contributed by atoms with E-state index in [4.69, 9.17) is 4.74 Å². The van der Waals surface area contributed by atoms with Crippen molar-refractivity contribution in [2.45, 2.75) is 26.1 Å². The molecule has 0 aromatic carbocycles. The fourth-order valence-corrected chi connectivity index (χ4v) is 5.37. The highest BCUT2D eigenvalue weighted by Crippen LogP contribution is 2.30. The van der Waals surface area contributed by atoms with Crippen LogP contribution in [0.3, 0.4) is 0 Å². The predicted molar refractivity (Wildman–Crippen MR) is 71.9 cm³/mol. The van der Waals surface area contributed by atoms with Gasteiger partial charge in [-0.25, -0.2) is 0 Å². The van der Waals surface area contributed by atoms with Crippen LogP contribution < -0.4 is 5.32 Å². The summed E-state index contributed by atoms with van der Waals surface area (Å²) < 4.78 is 34.3. The first-order chi connectivity index (χ1) is 8.96. The maximum Gasteiger partial charge on any atom is 0.282 e. The Balaban J connectivity index is 1.72. The van der Waals surface area contributed by atoms with Crippen LogP contribution in [-0.2, 0) is 14.9 Å². The number of ether oxygens (including phenoxy) is 1. The zero-order valence-corrected chi connectivity index (χ0v) is 12.4. The molecule has 3 heterocycles. The summed E-state index contributed by atoms with van der Waals surface area (Å²) >= 11 is 0. The molecule has 3 rings (SSSR count). The van der Waals surface area contributed by atoms with E-state index in [0.29, 0.717) is 38.0 Å². The normalized spacial score (nSPS) is 41.6. The third-order valence-electron chi connectivity index (χ3n) is 4.39. The van der Waals surface area contributed by atoms with Gasteiger partial charge in [0.25, 0.3) is 10.2 Å². The highest BCUT2D eigenvalue weighted by atomic mass is 32.2. The van der Waals surface area contributed by atoms with Crippen molar-refractivity contribution in [3.05, 3.63) is 0 Å². The molecule has 0 aliphatic carbocycles. The summed E-state index contributed by atoms with van der Waals surface area (Å²) in [6.07, 6.45) is -0.0513. The summed E-state index contributed by atoms with van der Waals surface area (Å²) in [7, 11) is -3.31. The lowest BCUT2D eigenvalue weighted by atomic mass is 10.0. The first-order valence-electron chi connectivity index (χ1n) is 7.08. The van der Waals surface area contributed by atoms with Crippen LogP contribution in [0, 0.1) is 11.8 Å². The van der Waals surface area contributed by atoms with Gasteiger partial charge in [0, 0.05) is 26.2 Å². The second-order valence-corrected chi connectivity index (χ2v) is 8.01. The minimum atomic E-state index is -3.31. The molecular weight excluding hydrogens is 266 g/mol. The van der Waals surface area contributed by atoms with Gasteiger partial charge in [0.1, 0.15) is 0 Å². The fourth-order valence-electron chi connectivity index (χ4n) is 3.48. The van der Waals surface area contributed by atoms with Crippen molar-refractivity contribution in [1.82, 2.24) is 13.9 Å². The van der Waals surface area contributed by atoms with Gasteiger partial charge in [-0.2, -0.15) is 17.0 Å². The molecule has 0 spiro atoms. The minimum Gasteiger partial charge on any atom is -0.373 e. The maximum atomic E-state index is 12.7. The predicted octanol–water partition coefficient (Wildman–Crippen LogP) is -0.508. The lowest BCUT2D eigenvalue weighted by Gasteiger charge is -2.36. The molecule has 1 N–H and O–H groups in total. The molecule has 6 nitrogen and oxygen atoms in total. The van der Waals surface area contributed by atoms with Crippen LogP contribution in [0.5, 0.6) is 0 Å². The van der Waals surface area contributed by atoms with E-state index in [1.165, 1.54) is 0 Å². The summed E-state index contributed by atoms with van der Waals surface area (Å²) in [6, 6.07) is 0. The molecule has 3 aliphatic heterocycles. The Kier molecular flexibility index (Phi) is 3.59. The molecule has 110 valence electrons. The summed E-state index contributed by atoms with van der Waals surface area (Å²) in [5, 5.41) is 3.33. The van der Waals surface area contributed by atoms with Crippen LogP contribution in [0.15, 0.2) is 0 Å². The molecular formula is C12H23N3O3S. The molecule has 7 heteroatoms. The molecule has 19 heavy (non-hydrogen) atoms. The molecule has 0 bridgehead atoms. The van der Waals surface area contributed by atoms with Crippen molar-refractivity contribution in [1.29, 1.82) is 0 Å². The van der Waals surface area contributed by atoms with Gasteiger partial charge in [-0.15, -0.1) is 0 Å². The number of rotatable bonds is 2. The Labute approximate surface area is 115 Å². The highest BCUT2D eigenvalue weighted by Gasteiger charge is 2.44. The molecule has 3 saturated heterocycles. The lowest BCUT2D eigenvalue weighted by Crippen LogP contribution is -2.52. The Morgan fingerprint density at radius 2 is 1.42 bits per heavy atom. The summed E-state index contributed by atoms with van der Waals surface area (Å²) in [4.78, 5) is 0. The standard InChI is InChI=1S/C12H23N3O3S/c1-9-5-14(6-10(2)18-9)19(16,17)15-7-11-3-13-4-12(11)8-15/h9-13H,3-8H2,1-2H3. The number of nitrogens with one attached hydrogen (secondary N) is 1. The third kappa shape index (κ3) is 2.54. The molecule has 0 amide bonds. The topological polar surface area (TPSA) is 61.9 Å². The second-order valence-electron chi connectivity index (χ2n) is 6.08. The quantitative estimate of drug-likeness (QED) is 0.744. The minimum absolute atomic E-state index is 0.0257. The Bertz CT molecular complexity index is 420. The van der Waals surface area contributed by atoms with E-state index in [2.05, 4.69) is 5.32 Å². The van der Waals surface area contributed by atoms with Crippen LogP contribution in [-0.4, -0.2) is 68.5 Å². The van der Waals surface area contributed by atoms with Crippen LogP contribution in [0.1, 0.15) is 13.8 Å². The van der Waals surface area contributed by atoms with E-state index < -0.39 is 10.2 Å². The fraction of sp³-hybridized carbons (Fsp3) is 1.00. The van der Waals surface area contributed by atoms with Gasteiger partial charge in [-0.3, -0.25) is 0 Å². The van der Waals surface area contributed by atoms with Crippen molar-refractivity contribution < 1.29 is 13.2 Å². The van der Waals surface area contributed by atoms with Crippen molar-refractivity contribution in [2.24, 2.45) is 11.8 Å². The Morgan fingerprint density at radius 3 is 1.95 bits per heavy atom. The smallest absolute Gasteiger partial charge is 0.282 e. The first-order valence-corrected chi connectivity index (χ1v) is 8.48. The largest absolute Gasteiger partial charge is 0.373 e. The van der Waals surface area contributed by atoms with Gasteiger partial charge in [0.2, 0.25) is 0 Å². The van der Waals surface area contributed by atoms with E-state index in [1.807, 2.05) is 13.8 Å². The average Bonchev–Trinajstić information content (AvgIpc) is 2.87. The number of morpholine rings is 1. The van der Waals surface area contributed by atoms with E-state index in [-0.39, 0.29) is 12.2 Å². The number of fused-ring (bicyclic) bond motifs is 1. The molecule has 0 radical (unpaired) electrons. The average molecular weight is 289 g/mol. The molecule has 0 aromatic rings. The van der Waals surface area contributed by atoms with E-state index in [9.17, 15) is 8.42 Å². The highest BCUT2D eigenvalue weighted by molar-refractivity contribution is 7.86. The van der Waals surface area contributed by atoms with Crippen molar-refractivity contribution in [3.8, 4) is 0 Å². The van der Waals surface area contributed by atoms with Crippen LogP contribution in [0.25, 0.3) is 0 Å². The van der Waals surface area contributed by atoms with Gasteiger partial charge < -0.3 is 10.1 Å². The van der Waals surface area contributed by atoms with Crippen LogP contribution >= 0.6 is 0 Å². The first kappa shape index (κ1) is 13.8. The van der Waals surface area contributed by atoms with Crippen molar-refractivity contribution >= 4 is 10.2 Å². The lowest BCUT2D eigenvalue weighted by molar-refractivity contribution is -0.0453. The molecule has 0 saturated carbocycles. The summed E-state index contributed by atoms with van der Waals surface area (Å²) in [5.74, 6) is 0.983. The Morgan fingerprint density at radius 1 is 0.947 bits per heavy atom. The van der Waals surface area contributed by atoms with E-state index in [0.717, 1.165) is 13.1 Å². The summed E-state index contributed by atoms with van der Waals surface area (Å²) in [5.41, 5.74) is 0. The second kappa shape index (κ2) is 4.96. The van der Waals surface area contributed by atoms with E-state index in [1.54, 1.807) is 8.61 Å². The monoisotopic (exact) mass is 289 g/mol. The van der Waals surface area contributed by atoms with Crippen LogP contribution in [0.2, 0.25) is 0 Å². The van der Waals surface area contributed by atoms with Crippen molar-refractivity contribution in [3.63, 3.8) is 0 Å². The molecule has 0 aromatic heterocycles. The number of hydrogen-bond acceptors (Lipinski definition) is 4. The zero-order chi connectivity index (χ0) is 13.6. The molecule has 4 atom stereocenters. The molecule has 4 unspecified atom stereocenters. The maximum absolute atomic E-state index is 12.7. The summed E-state index contributed by atoms with van der Waals surface area (Å²) in [6.45, 7) is 8.04. The van der Waals surface area contributed by atoms with Crippen molar-refractivity contribution in [2.75, 3.05) is 39.3 Å². The van der Waals surface area contributed by atoms with Gasteiger partial charge in [-0.1, -0.05) is 0 Å². The Hall–Kier alpha value is -0.210. The SMILES string of the molecule is CC1CN(S(=O)(=O)N2CC3CNCC3C2)CC(C)O1. The molecule has 3 fully saturated rings. The molecule has 3 aliphatic rings. The number of nitrogens with zero attached hydrogens (tertiary/aromatic N) is 2. The zero-order valence-electron chi connectivity index (χ0n) is 11.6. The van der Waals surface area contributed by atoms with E-state index >= 15 is 0 Å². The van der Waals surface area contributed by atoms with Gasteiger partial charge >= 0.3 is 0 Å². The number of hydrogen-bond donors (Lipinski definition) is 1. The van der Waals surface area contributed by atoms with Crippen LogP contribution in [0.4, 0.5) is 0 Å². The van der Waals surface area contributed by atoms with Gasteiger partial charge in [-0.05, 0) is 38.8 Å².